The molecule has 3 N–H and O–H groups in total. The molecule has 1 unspecified atom stereocenters. The number of carboxylic acids is 1. The van der Waals surface area contributed by atoms with Crippen molar-refractivity contribution >= 4 is 61.0 Å². The molecule has 2 aliphatic rings. The quantitative estimate of drug-likeness (QED) is 0.0541. The van der Waals surface area contributed by atoms with Crippen LogP contribution in [-0.2, 0) is 22.7 Å². The summed E-state index contributed by atoms with van der Waals surface area (Å²) >= 11 is 0. The fraction of sp³-hybridized carbons (Fsp3) is 0.412. The summed E-state index contributed by atoms with van der Waals surface area (Å²) in [5.41, 5.74) is 2.95. The maximum atomic E-state index is 13.2. The molecule has 1 amide bonds. The molecule has 2 fully saturated rings. The zero-order chi connectivity index (χ0) is 48.3. The van der Waals surface area contributed by atoms with E-state index in [9.17, 15) is 19.2 Å². The summed E-state index contributed by atoms with van der Waals surface area (Å²) < 4.78 is 13.5. The number of benzene rings is 4. The molecule has 356 valence electrons. The Balaban J connectivity index is 0.000000203. The number of carbonyl (C=O) groups is 4. The lowest BCUT2D eigenvalue weighted by Crippen LogP contribution is -2.43. The van der Waals surface area contributed by atoms with E-state index in [1.165, 1.54) is 63.2 Å². The highest BCUT2D eigenvalue weighted by molar-refractivity contribution is 7.59. The largest absolute Gasteiger partial charge is 0.497 e. The number of ketones is 2. The second-order valence-electron chi connectivity index (χ2n) is 16.7. The van der Waals surface area contributed by atoms with Crippen LogP contribution < -0.4 is 14.8 Å². The van der Waals surface area contributed by atoms with E-state index in [1.54, 1.807) is 73.2 Å². The third kappa shape index (κ3) is 14.8. The van der Waals surface area contributed by atoms with Gasteiger partial charge in [0.15, 0.2) is 0 Å². The number of ether oxygens (including phenoxy) is 2. The molecule has 67 heavy (non-hydrogen) atoms. The average molecular weight is 933 g/mol. The van der Waals surface area contributed by atoms with Crippen molar-refractivity contribution in [2.45, 2.75) is 110 Å². The minimum absolute atomic E-state index is 0.0420. The molecule has 0 bridgehead atoms. The van der Waals surface area contributed by atoms with Crippen LogP contribution in [0.15, 0.2) is 97.1 Å². The lowest BCUT2D eigenvalue weighted by molar-refractivity contribution is -0.138. The summed E-state index contributed by atoms with van der Waals surface area (Å²) in [4.78, 5) is 52.1. The number of carboxylic acid groups (broad SMARTS) is 1. The second kappa shape index (κ2) is 26.5. The molecule has 16 heteroatoms. The highest BCUT2D eigenvalue weighted by Crippen LogP contribution is 2.28. The molecule has 6 aromatic rings. The van der Waals surface area contributed by atoms with Crippen LogP contribution >= 0.6 is 9.12 Å². The van der Waals surface area contributed by atoms with Gasteiger partial charge in [0, 0.05) is 52.7 Å². The van der Waals surface area contributed by atoms with Crippen molar-refractivity contribution in [1.29, 1.82) is 0 Å². The summed E-state index contributed by atoms with van der Waals surface area (Å²) in [7, 11) is 5.34. The number of nitrogens with one attached hydrogen (secondary N) is 1. The van der Waals surface area contributed by atoms with Crippen LogP contribution in [0.5, 0.6) is 11.5 Å². The number of likely N-dealkylation sites (N-methyl/N-ethyl adjacent to an activating group) is 1. The molecular formula is C51H66BN6O8P. The Hall–Kier alpha value is -5.89. The predicted octanol–water partition coefficient (Wildman–Crippen LogP) is 8.72. The van der Waals surface area contributed by atoms with Gasteiger partial charge >= 0.3 is 12.6 Å². The van der Waals surface area contributed by atoms with Gasteiger partial charge in [0.1, 0.15) is 36.0 Å². The Morgan fingerprint density at radius 1 is 0.701 bits per heavy atom. The Kier molecular flexibility index (Phi) is 20.6. The fourth-order valence-corrected chi connectivity index (χ4v) is 8.56. The monoisotopic (exact) mass is 932 g/mol. The fourth-order valence-electron chi connectivity index (χ4n) is 8.56. The number of hydrogen-bond donors (Lipinski definition) is 3. The van der Waals surface area contributed by atoms with E-state index >= 15 is 0 Å². The molecule has 2 aliphatic carbocycles. The van der Waals surface area contributed by atoms with Crippen molar-refractivity contribution in [2.75, 3.05) is 27.3 Å². The third-order valence-electron chi connectivity index (χ3n) is 11.8. The lowest BCUT2D eigenvalue weighted by atomic mass is 9.94. The highest BCUT2D eigenvalue weighted by Gasteiger charge is 2.27. The minimum atomic E-state index is -1.03. The van der Waals surface area contributed by atoms with Gasteiger partial charge in [-0.05, 0) is 63.4 Å². The SMILES string of the molecule is CB(O)P.CCN(C(=O)Cn1nc(C(=O)c2ccccc2)c2ccc(OC)cc21)C1CCCCC1.CCNC1CCCCC1.COc1ccc2c(C(=O)c3ccccc3)nn(CC(=O)O)c2c1. The molecule has 0 radical (unpaired) electrons. The molecule has 8 rings (SSSR count). The molecule has 2 aromatic heterocycles. The van der Waals surface area contributed by atoms with Crippen molar-refractivity contribution in [3.8, 4) is 11.5 Å². The van der Waals surface area contributed by atoms with Crippen molar-refractivity contribution in [2.24, 2.45) is 0 Å². The van der Waals surface area contributed by atoms with Gasteiger partial charge in [-0.3, -0.25) is 28.5 Å². The van der Waals surface area contributed by atoms with Crippen LogP contribution in [0.1, 0.15) is 110 Å². The van der Waals surface area contributed by atoms with Crippen molar-refractivity contribution in [1.82, 2.24) is 29.8 Å². The Labute approximate surface area is 396 Å². The van der Waals surface area contributed by atoms with Gasteiger partial charge < -0.3 is 29.8 Å². The molecule has 0 spiro atoms. The number of amides is 1. The standard InChI is InChI=1S/C25H29N3O3.C17H14N2O4.C8H17N.CH6BOP/c1-3-27(19-12-8-5-9-13-19)23(29)17-28-22-16-20(31-2)14-15-21(22)24(26-28)25(30)18-10-6-4-7-11-18;1-23-12-7-8-13-14(9-12)19(10-15(20)21)18-16(13)17(22)11-5-3-2-4-6-11;1-2-9-8-6-4-3-5-7-8;1-2(3)4/h4,6-7,10-11,14-16,19H,3,5,8-9,12-13,17H2,1-2H3;2-9H,10H2,1H3,(H,20,21);8-9H,2-7H2,1H3;3H,4H2,1H3. The number of fused-ring (bicyclic) bond motifs is 2. The number of hydrogen-bond acceptors (Lipinski definition) is 10. The summed E-state index contributed by atoms with van der Waals surface area (Å²) in [5, 5.41) is 30.7. The topological polar surface area (TPSA) is 178 Å². The van der Waals surface area contributed by atoms with E-state index in [4.69, 9.17) is 19.6 Å². The molecule has 0 saturated heterocycles. The zero-order valence-electron chi connectivity index (χ0n) is 39.5. The van der Waals surface area contributed by atoms with Crippen LogP contribution in [0.4, 0.5) is 0 Å². The number of carbonyl (C=O) groups excluding carboxylic acids is 3. The van der Waals surface area contributed by atoms with E-state index in [-0.39, 0.29) is 42.9 Å². The van der Waals surface area contributed by atoms with E-state index in [1.807, 2.05) is 54.3 Å². The maximum absolute atomic E-state index is 13.2. The van der Waals surface area contributed by atoms with Crippen LogP contribution in [0.3, 0.4) is 0 Å². The first-order chi connectivity index (χ1) is 32.4. The molecule has 0 aliphatic heterocycles. The van der Waals surface area contributed by atoms with E-state index in [0.29, 0.717) is 51.8 Å². The summed E-state index contributed by atoms with van der Waals surface area (Å²) in [5.74, 6) is -0.148. The van der Waals surface area contributed by atoms with Crippen LogP contribution in [-0.4, -0.2) is 104 Å². The number of methoxy groups -OCH3 is 2. The Morgan fingerprint density at radius 3 is 1.54 bits per heavy atom. The van der Waals surface area contributed by atoms with Gasteiger partial charge in [-0.25, -0.2) is 0 Å². The first-order valence-electron chi connectivity index (χ1n) is 23.4. The maximum Gasteiger partial charge on any atom is 0.325 e. The number of aromatic nitrogens is 4. The number of rotatable bonds is 14. The molecule has 2 saturated carbocycles. The number of aliphatic carboxylic acids is 1. The molecule has 2 heterocycles. The van der Waals surface area contributed by atoms with Gasteiger partial charge in [-0.15, -0.1) is 9.12 Å². The minimum Gasteiger partial charge on any atom is -0.497 e. The van der Waals surface area contributed by atoms with Gasteiger partial charge in [0.05, 0.1) is 25.3 Å². The molecular weight excluding hydrogens is 866 g/mol. The first-order valence-corrected chi connectivity index (χ1v) is 24.0. The molecule has 4 aromatic carbocycles. The van der Waals surface area contributed by atoms with Crippen molar-refractivity contribution in [3.63, 3.8) is 0 Å². The number of nitrogens with zero attached hydrogens (tertiary/aromatic N) is 5. The predicted molar refractivity (Wildman–Crippen MR) is 268 cm³/mol. The van der Waals surface area contributed by atoms with Crippen LogP contribution in [0, 0.1) is 0 Å². The van der Waals surface area contributed by atoms with Gasteiger partial charge in [-0.1, -0.05) is 113 Å². The second-order valence-corrected chi connectivity index (χ2v) is 17.6. The third-order valence-corrected chi connectivity index (χ3v) is 11.8. The molecule has 1 atom stereocenters. The zero-order valence-corrected chi connectivity index (χ0v) is 40.7. The smallest absolute Gasteiger partial charge is 0.325 e. The van der Waals surface area contributed by atoms with E-state index in [0.717, 1.165) is 36.3 Å². The summed E-state index contributed by atoms with van der Waals surface area (Å²) in [6, 6.07) is 29.6. The highest BCUT2D eigenvalue weighted by atomic mass is 31.0. The van der Waals surface area contributed by atoms with Gasteiger partial charge in [0.2, 0.25) is 17.5 Å². The van der Waals surface area contributed by atoms with Crippen LogP contribution in [0.2, 0.25) is 6.82 Å². The van der Waals surface area contributed by atoms with Crippen molar-refractivity contribution in [3.05, 3.63) is 120 Å². The lowest BCUT2D eigenvalue weighted by Gasteiger charge is -2.33. The van der Waals surface area contributed by atoms with E-state index in [2.05, 4.69) is 31.6 Å². The summed E-state index contributed by atoms with van der Waals surface area (Å²) in [6.45, 7) is 7.26. The average Bonchev–Trinajstić information content (AvgIpc) is 3.89. The van der Waals surface area contributed by atoms with Gasteiger partial charge in [-0.2, -0.15) is 10.2 Å². The summed E-state index contributed by atoms with van der Waals surface area (Å²) in [6.07, 6.45) is 12.9. The van der Waals surface area contributed by atoms with E-state index < -0.39 is 5.97 Å². The normalized spacial score (nSPS) is 13.8. The van der Waals surface area contributed by atoms with Crippen molar-refractivity contribution < 1.29 is 38.8 Å². The first kappa shape index (κ1) is 52.1. The molecule has 14 nitrogen and oxygen atoms in total. The van der Waals surface area contributed by atoms with Gasteiger partial charge in [0.25, 0.3) is 0 Å². The Bertz CT molecular complexity index is 2520. The van der Waals surface area contributed by atoms with Crippen LogP contribution in [0.25, 0.3) is 21.8 Å². The Morgan fingerprint density at radius 2 is 1.13 bits per heavy atom.